The van der Waals surface area contributed by atoms with Crippen molar-refractivity contribution in [3.8, 4) is 11.5 Å². The SMILES string of the molecule is CCCc1cc2c(C(F)(F)F)cc(=O)oc2c(CCC)c1OCCCCN1C(=O)NC(C)(c2ccc(OC)cc2)C1=O. The number of hydrogen-bond donors (Lipinski definition) is 1. The van der Waals surface area contributed by atoms with Crippen LogP contribution in [0, 0.1) is 0 Å². The first-order valence-corrected chi connectivity index (χ1v) is 14.1. The standard InChI is InChI=1S/C31H35F3N2O6/c1-5-9-19-17-23-24(31(32,33)34)18-25(37)42-27(23)22(10-6-2)26(19)41-16-8-7-15-36-28(38)30(3,35-29(36)39)20-11-13-21(40-4)14-12-20/h11-14,17-18H,5-10,15-16H2,1-4H3,(H,35,39). The number of halogens is 3. The van der Waals surface area contributed by atoms with Gasteiger partial charge in [-0.3, -0.25) is 9.69 Å². The fourth-order valence-corrected chi connectivity index (χ4v) is 5.32. The van der Waals surface area contributed by atoms with Crippen LogP contribution in [0.4, 0.5) is 18.0 Å². The van der Waals surface area contributed by atoms with Crippen LogP contribution in [-0.2, 0) is 29.4 Å². The summed E-state index contributed by atoms with van der Waals surface area (Å²) in [6, 6.07) is 8.33. The molecular weight excluding hydrogens is 553 g/mol. The number of nitrogens with one attached hydrogen (secondary N) is 1. The van der Waals surface area contributed by atoms with Gasteiger partial charge in [0.05, 0.1) is 19.3 Å². The Kier molecular flexibility index (Phi) is 9.18. The molecule has 1 saturated heterocycles. The molecule has 11 heteroatoms. The van der Waals surface area contributed by atoms with Gasteiger partial charge in [0, 0.05) is 23.6 Å². The Morgan fingerprint density at radius 2 is 1.69 bits per heavy atom. The molecular formula is C31H35F3N2O6. The zero-order valence-electron chi connectivity index (χ0n) is 24.2. The summed E-state index contributed by atoms with van der Waals surface area (Å²) in [6.45, 7) is 5.82. The van der Waals surface area contributed by atoms with E-state index in [1.54, 1.807) is 38.3 Å². The van der Waals surface area contributed by atoms with Crippen molar-refractivity contribution in [1.29, 1.82) is 0 Å². The van der Waals surface area contributed by atoms with Gasteiger partial charge in [0.15, 0.2) is 0 Å². The predicted molar refractivity (Wildman–Crippen MR) is 151 cm³/mol. The van der Waals surface area contributed by atoms with Gasteiger partial charge in [0.1, 0.15) is 22.6 Å². The van der Waals surface area contributed by atoms with Gasteiger partial charge < -0.3 is 19.2 Å². The third-order valence-electron chi connectivity index (χ3n) is 7.45. The van der Waals surface area contributed by atoms with Crippen LogP contribution in [-0.4, -0.2) is 37.1 Å². The third-order valence-corrected chi connectivity index (χ3v) is 7.45. The second-order valence-electron chi connectivity index (χ2n) is 10.5. The molecule has 8 nitrogen and oxygen atoms in total. The average Bonchev–Trinajstić information content (AvgIpc) is 3.17. The molecule has 1 aliphatic rings. The number of fused-ring (bicyclic) bond motifs is 1. The first-order chi connectivity index (χ1) is 19.9. The van der Waals surface area contributed by atoms with E-state index in [-0.39, 0.29) is 30.0 Å². The summed E-state index contributed by atoms with van der Waals surface area (Å²) in [5.74, 6) is 0.698. The van der Waals surface area contributed by atoms with Crippen molar-refractivity contribution in [3.63, 3.8) is 0 Å². The first kappa shape index (κ1) is 30.9. The van der Waals surface area contributed by atoms with Crippen LogP contribution in [0.5, 0.6) is 11.5 Å². The molecule has 3 amide bonds. The van der Waals surface area contributed by atoms with Gasteiger partial charge in [-0.05, 0) is 61.9 Å². The van der Waals surface area contributed by atoms with Crippen LogP contribution in [0.15, 0.2) is 45.6 Å². The lowest BCUT2D eigenvalue weighted by Crippen LogP contribution is -2.41. The van der Waals surface area contributed by atoms with Crippen molar-refractivity contribution in [2.75, 3.05) is 20.3 Å². The number of carbonyl (C=O) groups excluding carboxylic acids is 2. The smallest absolute Gasteiger partial charge is 0.417 e. The topological polar surface area (TPSA) is 98.1 Å². The number of benzene rings is 2. The zero-order valence-corrected chi connectivity index (χ0v) is 24.2. The van der Waals surface area contributed by atoms with Gasteiger partial charge >= 0.3 is 17.8 Å². The predicted octanol–water partition coefficient (Wildman–Crippen LogP) is 6.35. The van der Waals surface area contributed by atoms with Gasteiger partial charge in [-0.2, -0.15) is 13.2 Å². The van der Waals surface area contributed by atoms with E-state index >= 15 is 0 Å². The number of urea groups is 1. The number of aryl methyl sites for hydroxylation is 2. The second-order valence-corrected chi connectivity index (χ2v) is 10.5. The molecule has 1 aromatic heterocycles. The van der Waals surface area contributed by atoms with E-state index in [9.17, 15) is 27.6 Å². The minimum atomic E-state index is -4.72. The van der Waals surface area contributed by atoms with Crippen molar-refractivity contribution in [2.45, 2.75) is 71.0 Å². The van der Waals surface area contributed by atoms with Crippen molar-refractivity contribution >= 4 is 22.9 Å². The number of ether oxygens (including phenoxy) is 2. The van der Waals surface area contributed by atoms with E-state index in [0.29, 0.717) is 72.8 Å². The summed E-state index contributed by atoms with van der Waals surface area (Å²) in [6.07, 6.45) is -1.69. The molecule has 1 fully saturated rings. The Morgan fingerprint density at radius 3 is 2.31 bits per heavy atom. The number of unbranched alkanes of at least 4 members (excludes halogenated alkanes) is 1. The van der Waals surface area contributed by atoms with Crippen LogP contribution in [0.2, 0.25) is 0 Å². The lowest BCUT2D eigenvalue weighted by Gasteiger charge is -2.22. The van der Waals surface area contributed by atoms with Gasteiger partial charge in [-0.15, -0.1) is 0 Å². The zero-order chi connectivity index (χ0) is 30.7. The summed E-state index contributed by atoms with van der Waals surface area (Å²) < 4.78 is 58.0. The van der Waals surface area contributed by atoms with Crippen LogP contribution in [0.25, 0.3) is 11.0 Å². The number of rotatable bonds is 12. The molecule has 1 unspecified atom stereocenters. The highest BCUT2D eigenvalue weighted by molar-refractivity contribution is 6.07. The fourth-order valence-electron chi connectivity index (χ4n) is 5.32. The quantitative estimate of drug-likeness (QED) is 0.150. The normalized spacial score (nSPS) is 17.2. The molecule has 0 aliphatic carbocycles. The van der Waals surface area contributed by atoms with E-state index in [4.69, 9.17) is 13.9 Å². The highest BCUT2D eigenvalue weighted by Gasteiger charge is 2.48. The van der Waals surface area contributed by atoms with Gasteiger partial charge in [0.2, 0.25) is 0 Å². The number of imide groups is 1. The van der Waals surface area contributed by atoms with Crippen molar-refractivity contribution in [2.24, 2.45) is 0 Å². The largest absolute Gasteiger partial charge is 0.497 e. The molecule has 1 aliphatic heterocycles. The molecule has 3 aromatic rings. The Balaban J connectivity index is 1.50. The molecule has 2 heterocycles. The number of methoxy groups -OCH3 is 1. The Labute approximate surface area is 241 Å². The lowest BCUT2D eigenvalue weighted by molar-refractivity contribution is -0.136. The lowest BCUT2D eigenvalue weighted by atomic mass is 9.92. The molecule has 42 heavy (non-hydrogen) atoms. The first-order valence-electron chi connectivity index (χ1n) is 14.1. The van der Waals surface area contributed by atoms with Gasteiger partial charge in [0.25, 0.3) is 5.91 Å². The summed E-state index contributed by atoms with van der Waals surface area (Å²) in [5.41, 5.74) is -1.72. The molecule has 1 atom stereocenters. The highest BCUT2D eigenvalue weighted by atomic mass is 19.4. The van der Waals surface area contributed by atoms with Crippen molar-refractivity contribution < 1.29 is 36.7 Å². The fraction of sp³-hybridized carbons (Fsp3) is 0.452. The Bertz CT molecular complexity index is 1520. The Morgan fingerprint density at radius 1 is 1.00 bits per heavy atom. The van der Waals surface area contributed by atoms with E-state index < -0.39 is 28.9 Å². The molecule has 0 bridgehead atoms. The summed E-state index contributed by atoms with van der Waals surface area (Å²) in [7, 11) is 1.54. The summed E-state index contributed by atoms with van der Waals surface area (Å²) >= 11 is 0. The number of hydrogen-bond acceptors (Lipinski definition) is 6. The number of amides is 3. The van der Waals surface area contributed by atoms with E-state index in [1.807, 2.05) is 13.8 Å². The Hall–Kier alpha value is -4.02. The molecule has 1 N–H and O–H groups in total. The summed E-state index contributed by atoms with van der Waals surface area (Å²) in [4.78, 5) is 39.2. The second kappa shape index (κ2) is 12.5. The molecule has 0 saturated carbocycles. The van der Waals surface area contributed by atoms with Gasteiger partial charge in [-0.25, -0.2) is 9.59 Å². The molecule has 4 rings (SSSR count). The van der Waals surface area contributed by atoms with Crippen LogP contribution in [0.3, 0.4) is 0 Å². The van der Waals surface area contributed by atoms with Crippen molar-refractivity contribution in [1.82, 2.24) is 10.2 Å². The molecule has 226 valence electrons. The molecule has 0 radical (unpaired) electrons. The minimum Gasteiger partial charge on any atom is -0.497 e. The maximum absolute atomic E-state index is 13.8. The van der Waals surface area contributed by atoms with Crippen LogP contribution in [0.1, 0.15) is 68.7 Å². The van der Waals surface area contributed by atoms with Gasteiger partial charge in [-0.1, -0.05) is 38.8 Å². The van der Waals surface area contributed by atoms with E-state index in [2.05, 4.69) is 5.32 Å². The monoisotopic (exact) mass is 588 g/mol. The summed E-state index contributed by atoms with van der Waals surface area (Å²) in [5, 5.41) is 2.63. The van der Waals surface area contributed by atoms with Crippen LogP contribution < -0.4 is 20.4 Å². The maximum Gasteiger partial charge on any atom is 0.417 e. The van der Waals surface area contributed by atoms with E-state index in [1.165, 1.54) is 11.0 Å². The number of alkyl halides is 3. The highest BCUT2D eigenvalue weighted by Crippen LogP contribution is 2.40. The average molecular weight is 589 g/mol. The maximum atomic E-state index is 13.8. The molecule has 0 spiro atoms. The van der Waals surface area contributed by atoms with Crippen molar-refractivity contribution in [3.05, 3.63) is 69.1 Å². The minimum absolute atomic E-state index is 0.108. The van der Waals surface area contributed by atoms with E-state index in [0.717, 1.165) is 0 Å². The molecule has 2 aromatic carbocycles. The third kappa shape index (κ3) is 6.10. The number of nitrogens with zero attached hydrogens (tertiary/aromatic N) is 1. The number of carbonyl (C=O) groups is 2. The van der Waals surface area contributed by atoms with Crippen LogP contribution >= 0.6 is 0 Å².